The SMILES string of the molecule is CCN(CC(=O)Nc1cc(C(C)(C)C)nn1-c1ccccc1C)C(=O)Nc1cccc(C(F)(F)F)c1. The number of amides is 3. The summed E-state index contributed by atoms with van der Waals surface area (Å²) in [6.45, 7) is 9.53. The Kier molecular flexibility index (Phi) is 7.76. The number of alkyl halides is 3. The minimum Gasteiger partial charge on any atom is -0.315 e. The molecule has 0 atom stereocenters. The van der Waals surface area contributed by atoms with Crippen LogP contribution in [0.25, 0.3) is 5.69 Å². The van der Waals surface area contributed by atoms with Crippen LogP contribution in [-0.4, -0.2) is 39.7 Å². The molecule has 2 aromatic carbocycles. The molecule has 3 amide bonds. The van der Waals surface area contributed by atoms with Crippen LogP contribution in [0.1, 0.15) is 44.5 Å². The number of rotatable bonds is 6. The van der Waals surface area contributed by atoms with Crippen LogP contribution in [-0.2, 0) is 16.4 Å². The lowest BCUT2D eigenvalue weighted by molar-refractivity contribution is -0.137. The number of urea groups is 1. The summed E-state index contributed by atoms with van der Waals surface area (Å²) in [5.41, 5.74) is 1.38. The van der Waals surface area contributed by atoms with E-state index in [4.69, 9.17) is 5.10 Å². The van der Waals surface area contributed by atoms with Gasteiger partial charge in [0.2, 0.25) is 5.91 Å². The van der Waals surface area contributed by atoms with Crippen molar-refractivity contribution >= 4 is 23.4 Å². The number of carbonyl (C=O) groups excluding carboxylic acids is 2. The van der Waals surface area contributed by atoms with Crippen molar-refractivity contribution in [2.45, 2.75) is 46.2 Å². The maximum Gasteiger partial charge on any atom is 0.416 e. The van der Waals surface area contributed by atoms with Crippen LogP contribution in [0.3, 0.4) is 0 Å². The second-order valence-electron chi connectivity index (χ2n) is 9.43. The van der Waals surface area contributed by atoms with Crippen molar-refractivity contribution in [2.75, 3.05) is 23.7 Å². The molecule has 0 aliphatic carbocycles. The van der Waals surface area contributed by atoms with E-state index >= 15 is 0 Å². The number of hydrogen-bond acceptors (Lipinski definition) is 3. The third-order valence-electron chi connectivity index (χ3n) is 5.53. The summed E-state index contributed by atoms with van der Waals surface area (Å²) in [5, 5.41) is 9.97. The van der Waals surface area contributed by atoms with Gasteiger partial charge in [-0.15, -0.1) is 0 Å². The normalized spacial score (nSPS) is 11.8. The molecule has 0 radical (unpaired) electrons. The van der Waals surface area contributed by atoms with Crippen LogP contribution in [0.15, 0.2) is 54.6 Å². The van der Waals surface area contributed by atoms with Gasteiger partial charge in [-0.1, -0.05) is 45.0 Å². The monoisotopic (exact) mass is 501 g/mol. The number of likely N-dealkylation sites (N-methyl/N-ethyl adjacent to an activating group) is 1. The predicted octanol–water partition coefficient (Wildman–Crippen LogP) is 5.99. The molecule has 0 aliphatic heterocycles. The summed E-state index contributed by atoms with van der Waals surface area (Å²) in [7, 11) is 0. The molecule has 0 fully saturated rings. The molecule has 36 heavy (non-hydrogen) atoms. The fourth-order valence-corrected chi connectivity index (χ4v) is 3.48. The van der Waals surface area contributed by atoms with Crippen molar-refractivity contribution in [1.29, 1.82) is 0 Å². The largest absolute Gasteiger partial charge is 0.416 e. The van der Waals surface area contributed by atoms with Gasteiger partial charge in [0.05, 0.1) is 16.9 Å². The highest BCUT2D eigenvalue weighted by Crippen LogP contribution is 2.31. The summed E-state index contributed by atoms with van der Waals surface area (Å²) in [6.07, 6.45) is -4.53. The lowest BCUT2D eigenvalue weighted by Gasteiger charge is -2.21. The highest BCUT2D eigenvalue weighted by Gasteiger charge is 2.30. The molecule has 0 saturated heterocycles. The van der Waals surface area contributed by atoms with E-state index in [9.17, 15) is 22.8 Å². The van der Waals surface area contributed by atoms with Crippen molar-refractivity contribution in [3.63, 3.8) is 0 Å². The first-order chi connectivity index (χ1) is 16.8. The standard InChI is InChI=1S/C26H30F3N5O2/c1-6-33(24(36)30-19-12-9-11-18(14-19)26(27,28)29)16-23(35)31-22-15-21(25(3,4)5)32-34(22)20-13-8-7-10-17(20)2/h7-15H,6,16H2,1-5H3,(H,30,36)(H,31,35). The predicted molar refractivity (Wildman–Crippen MR) is 133 cm³/mol. The van der Waals surface area contributed by atoms with E-state index in [0.717, 1.165) is 29.1 Å². The first-order valence-electron chi connectivity index (χ1n) is 11.5. The molecule has 1 aromatic heterocycles. The van der Waals surface area contributed by atoms with Gasteiger partial charge in [0.1, 0.15) is 12.4 Å². The van der Waals surface area contributed by atoms with Crippen LogP contribution < -0.4 is 10.6 Å². The molecule has 3 rings (SSSR count). The Morgan fingerprint density at radius 1 is 1.00 bits per heavy atom. The second-order valence-corrected chi connectivity index (χ2v) is 9.43. The highest BCUT2D eigenvalue weighted by molar-refractivity contribution is 5.96. The number of anilines is 2. The lowest BCUT2D eigenvalue weighted by Crippen LogP contribution is -2.40. The number of halogens is 3. The fourth-order valence-electron chi connectivity index (χ4n) is 3.48. The summed E-state index contributed by atoms with van der Waals surface area (Å²) in [4.78, 5) is 26.8. The Balaban J connectivity index is 1.78. The molecule has 1 heterocycles. The number of hydrogen-bond donors (Lipinski definition) is 2. The van der Waals surface area contributed by atoms with E-state index < -0.39 is 23.7 Å². The Labute approximate surface area is 208 Å². The topological polar surface area (TPSA) is 79.3 Å². The third-order valence-corrected chi connectivity index (χ3v) is 5.53. The van der Waals surface area contributed by atoms with Crippen LogP contribution >= 0.6 is 0 Å². The van der Waals surface area contributed by atoms with E-state index in [-0.39, 0.29) is 24.2 Å². The van der Waals surface area contributed by atoms with Gasteiger partial charge in [0, 0.05) is 23.7 Å². The molecule has 7 nitrogen and oxygen atoms in total. The highest BCUT2D eigenvalue weighted by atomic mass is 19.4. The molecule has 0 unspecified atom stereocenters. The average Bonchev–Trinajstić information content (AvgIpc) is 3.21. The first-order valence-corrected chi connectivity index (χ1v) is 11.5. The Morgan fingerprint density at radius 2 is 1.69 bits per heavy atom. The third kappa shape index (κ3) is 6.44. The van der Waals surface area contributed by atoms with Crippen LogP contribution in [0.2, 0.25) is 0 Å². The van der Waals surface area contributed by atoms with Gasteiger partial charge in [0.15, 0.2) is 0 Å². The van der Waals surface area contributed by atoms with Gasteiger partial charge >= 0.3 is 12.2 Å². The summed E-state index contributed by atoms with van der Waals surface area (Å²) in [5.74, 6) is -0.0141. The Hall–Kier alpha value is -3.82. The molecule has 192 valence electrons. The molecular weight excluding hydrogens is 471 g/mol. The molecule has 2 N–H and O–H groups in total. The second kappa shape index (κ2) is 10.4. The van der Waals surface area contributed by atoms with E-state index in [1.54, 1.807) is 17.7 Å². The molecule has 3 aromatic rings. The van der Waals surface area contributed by atoms with Gasteiger partial charge in [-0.25, -0.2) is 9.48 Å². The van der Waals surface area contributed by atoms with Gasteiger partial charge < -0.3 is 15.5 Å². The van der Waals surface area contributed by atoms with Gasteiger partial charge in [-0.2, -0.15) is 18.3 Å². The molecule has 0 bridgehead atoms. The zero-order valence-electron chi connectivity index (χ0n) is 20.9. The summed E-state index contributed by atoms with van der Waals surface area (Å²) >= 11 is 0. The van der Waals surface area contributed by atoms with Crippen molar-refractivity contribution in [2.24, 2.45) is 0 Å². The number of nitrogens with zero attached hydrogens (tertiary/aromatic N) is 3. The number of para-hydroxylation sites is 1. The maximum absolute atomic E-state index is 13.0. The minimum atomic E-state index is -4.53. The molecule has 0 saturated carbocycles. The maximum atomic E-state index is 13.0. The molecule has 0 spiro atoms. The Morgan fingerprint density at radius 3 is 2.31 bits per heavy atom. The molecular formula is C26H30F3N5O2. The van der Waals surface area contributed by atoms with Crippen molar-refractivity contribution in [3.8, 4) is 5.69 Å². The fraction of sp³-hybridized carbons (Fsp3) is 0.346. The van der Waals surface area contributed by atoms with Crippen molar-refractivity contribution in [3.05, 3.63) is 71.4 Å². The lowest BCUT2D eigenvalue weighted by atomic mass is 9.92. The van der Waals surface area contributed by atoms with Gasteiger partial charge in [-0.05, 0) is 43.7 Å². The number of benzene rings is 2. The van der Waals surface area contributed by atoms with E-state index in [1.165, 1.54) is 17.0 Å². The first kappa shape index (κ1) is 26.8. The van der Waals surface area contributed by atoms with Crippen LogP contribution in [0, 0.1) is 6.92 Å². The number of aryl methyl sites for hydroxylation is 1. The zero-order chi connectivity index (χ0) is 26.7. The quantitative estimate of drug-likeness (QED) is 0.436. The van der Waals surface area contributed by atoms with Crippen molar-refractivity contribution < 1.29 is 22.8 Å². The average molecular weight is 502 g/mol. The van der Waals surface area contributed by atoms with E-state index in [0.29, 0.717) is 5.82 Å². The summed E-state index contributed by atoms with van der Waals surface area (Å²) in [6, 6.07) is 13.1. The van der Waals surface area contributed by atoms with E-state index in [1.807, 2.05) is 52.0 Å². The number of aromatic nitrogens is 2. The Bertz CT molecular complexity index is 1240. The van der Waals surface area contributed by atoms with Gasteiger partial charge in [0.25, 0.3) is 0 Å². The zero-order valence-corrected chi connectivity index (χ0v) is 20.9. The van der Waals surface area contributed by atoms with E-state index in [2.05, 4.69) is 10.6 Å². The van der Waals surface area contributed by atoms with Crippen molar-refractivity contribution in [1.82, 2.24) is 14.7 Å². The van der Waals surface area contributed by atoms with Crippen LogP contribution in [0.4, 0.5) is 29.5 Å². The molecule has 0 aliphatic rings. The minimum absolute atomic E-state index is 0.0128. The number of carbonyl (C=O) groups is 2. The smallest absolute Gasteiger partial charge is 0.315 e. The van der Waals surface area contributed by atoms with Crippen LogP contribution in [0.5, 0.6) is 0 Å². The number of nitrogens with one attached hydrogen (secondary N) is 2. The summed E-state index contributed by atoms with van der Waals surface area (Å²) < 4.78 is 40.6. The molecule has 10 heteroatoms. The van der Waals surface area contributed by atoms with Gasteiger partial charge in [-0.3, -0.25) is 4.79 Å².